The van der Waals surface area contributed by atoms with Crippen molar-refractivity contribution in [3.05, 3.63) is 53.2 Å². The lowest BCUT2D eigenvalue weighted by atomic mass is 10.2. The zero-order valence-corrected chi connectivity index (χ0v) is 15.7. The van der Waals surface area contributed by atoms with E-state index >= 15 is 0 Å². The van der Waals surface area contributed by atoms with Crippen molar-refractivity contribution in [2.45, 2.75) is 40.1 Å². The van der Waals surface area contributed by atoms with Crippen molar-refractivity contribution in [3.63, 3.8) is 0 Å². The lowest BCUT2D eigenvalue weighted by Gasteiger charge is -2.18. The van der Waals surface area contributed by atoms with E-state index in [1.807, 2.05) is 51.1 Å². The molecule has 0 bridgehead atoms. The fourth-order valence-corrected chi connectivity index (χ4v) is 2.48. The average molecular weight is 365 g/mol. The van der Waals surface area contributed by atoms with Crippen molar-refractivity contribution in [2.24, 2.45) is 0 Å². The third-order valence-corrected chi connectivity index (χ3v) is 3.72. The molecule has 25 heavy (non-hydrogen) atoms. The lowest BCUT2D eigenvalue weighted by Crippen LogP contribution is -2.12. The fraction of sp³-hybridized carbons (Fsp3) is 0.389. The molecule has 136 valence electrons. The normalized spacial score (nSPS) is 11.6. The molecule has 0 aliphatic carbocycles. The topological polar surface area (TPSA) is 74.7 Å². The van der Waals surface area contributed by atoms with Crippen LogP contribution in [0.25, 0.3) is 0 Å². The summed E-state index contributed by atoms with van der Waals surface area (Å²) in [6.45, 7) is 5.72. The van der Waals surface area contributed by atoms with E-state index in [1.54, 1.807) is 6.07 Å². The molecule has 0 aliphatic heterocycles. The van der Waals surface area contributed by atoms with E-state index < -0.39 is 10.1 Å². The van der Waals surface area contributed by atoms with Crippen molar-refractivity contribution in [2.75, 3.05) is 6.26 Å². The van der Waals surface area contributed by atoms with Crippen LogP contribution >= 0.6 is 0 Å². The molecule has 0 aliphatic rings. The van der Waals surface area contributed by atoms with Crippen LogP contribution in [0, 0.1) is 6.92 Å². The molecule has 0 spiro atoms. The molecule has 2 rings (SSSR count). The summed E-state index contributed by atoms with van der Waals surface area (Å²) in [6, 6.07) is 11.4. The third kappa shape index (κ3) is 6.36. The molecule has 2 aromatic rings. The SMILES string of the molecule is Cc1cc(OC(C)C)c(COS(C)(=O)=O)c(OCc2ccccc2)n1. The van der Waals surface area contributed by atoms with Crippen LogP contribution in [0.3, 0.4) is 0 Å². The number of pyridine rings is 1. The van der Waals surface area contributed by atoms with Gasteiger partial charge in [-0.1, -0.05) is 30.3 Å². The van der Waals surface area contributed by atoms with E-state index in [-0.39, 0.29) is 12.7 Å². The molecule has 1 aromatic heterocycles. The Labute approximate surface area is 148 Å². The molecule has 0 saturated carbocycles. The van der Waals surface area contributed by atoms with Gasteiger partial charge in [-0.25, -0.2) is 4.98 Å². The average Bonchev–Trinajstić information content (AvgIpc) is 2.51. The van der Waals surface area contributed by atoms with Gasteiger partial charge in [0.25, 0.3) is 10.1 Å². The van der Waals surface area contributed by atoms with Gasteiger partial charge in [0.1, 0.15) is 19.0 Å². The Morgan fingerprint density at radius 3 is 2.40 bits per heavy atom. The van der Waals surface area contributed by atoms with Gasteiger partial charge in [0, 0.05) is 11.8 Å². The first kappa shape index (κ1) is 19.2. The van der Waals surface area contributed by atoms with Crippen LogP contribution in [0.15, 0.2) is 36.4 Å². The molecule has 0 radical (unpaired) electrons. The first-order chi connectivity index (χ1) is 11.7. The predicted molar refractivity (Wildman–Crippen MR) is 95.1 cm³/mol. The summed E-state index contributed by atoms with van der Waals surface area (Å²) in [5, 5.41) is 0. The maximum absolute atomic E-state index is 11.4. The highest BCUT2D eigenvalue weighted by atomic mass is 32.2. The minimum Gasteiger partial charge on any atom is -0.490 e. The van der Waals surface area contributed by atoms with E-state index in [4.69, 9.17) is 13.7 Å². The zero-order chi connectivity index (χ0) is 18.4. The number of benzene rings is 1. The Bertz CT molecular complexity index is 804. The maximum Gasteiger partial charge on any atom is 0.264 e. The molecule has 0 unspecified atom stereocenters. The van der Waals surface area contributed by atoms with Gasteiger partial charge in [-0.2, -0.15) is 8.42 Å². The highest BCUT2D eigenvalue weighted by molar-refractivity contribution is 7.85. The minimum atomic E-state index is -3.60. The predicted octanol–water partition coefficient (Wildman–Crippen LogP) is 3.23. The number of aromatic nitrogens is 1. The highest BCUT2D eigenvalue weighted by Crippen LogP contribution is 2.30. The Morgan fingerprint density at radius 1 is 1.12 bits per heavy atom. The summed E-state index contributed by atoms with van der Waals surface area (Å²) in [5.74, 6) is 0.817. The molecule has 0 N–H and O–H groups in total. The van der Waals surface area contributed by atoms with E-state index in [0.29, 0.717) is 29.5 Å². The Morgan fingerprint density at radius 2 is 1.80 bits per heavy atom. The Balaban J connectivity index is 2.32. The van der Waals surface area contributed by atoms with Gasteiger partial charge in [0.2, 0.25) is 5.88 Å². The second-order valence-electron chi connectivity index (χ2n) is 5.95. The Hall–Kier alpha value is -2.12. The largest absolute Gasteiger partial charge is 0.490 e. The number of hydrogen-bond acceptors (Lipinski definition) is 6. The maximum atomic E-state index is 11.4. The molecule has 7 heteroatoms. The monoisotopic (exact) mass is 365 g/mol. The number of hydrogen-bond donors (Lipinski definition) is 0. The summed E-state index contributed by atoms with van der Waals surface area (Å²) >= 11 is 0. The summed E-state index contributed by atoms with van der Waals surface area (Å²) in [5.41, 5.74) is 2.16. The summed E-state index contributed by atoms with van der Waals surface area (Å²) < 4.78 is 39.3. The number of rotatable bonds is 8. The molecule has 1 aromatic carbocycles. The quantitative estimate of drug-likeness (QED) is 0.669. The van der Waals surface area contributed by atoms with Crippen molar-refractivity contribution in [1.82, 2.24) is 4.98 Å². The van der Waals surface area contributed by atoms with Crippen LogP contribution in [0.1, 0.15) is 30.7 Å². The molecule has 0 saturated heterocycles. The smallest absolute Gasteiger partial charge is 0.264 e. The van der Waals surface area contributed by atoms with Crippen LogP contribution in [-0.2, 0) is 27.5 Å². The standard InChI is InChI=1S/C18H23NO5S/c1-13(2)24-17-10-14(3)19-18(16(17)12-23-25(4,20)21)22-11-15-8-6-5-7-9-15/h5-10,13H,11-12H2,1-4H3. The molecule has 6 nitrogen and oxygen atoms in total. The van der Waals surface area contributed by atoms with Gasteiger partial charge in [-0.3, -0.25) is 4.18 Å². The van der Waals surface area contributed by atoms with Gasteiger partial charge in [0.05, 0.1) is 17.9 Å². The molecular formula is C18H23NO5S. The van der Waals surface area contributed by atoms with Crippen LogP contribution in [0.2, 0.25) is 0 Å². The van der Waals surface area contributed by atoms with Crippen LogP contribution in [0.5, 0.6) is 11.6 Å². The van der Waals surface area contributed by atoms with E-state index in [1.165, 1.54) is 0 Å². The van der Waals surface area contributed by atoms with Gasteiger partial charge in [0.15, 0.2) is 0 Å². The van der Waals surface area contributed by atoms with Crippen molar-refractivity contribution in [3.8, 4) is 11.6 Å². The van der Waals surface area contributed by atoms with E-state index in [9.17, 15) is 8.42 Å². The third-order valence-electron chi connectivity index (χ3n) is 3.17. The van der Waals surface area contributed by atoms with Crippen molar-refractivity contribution >= 4 is 10.1 Å². The molecule has 0 atom stereocenters. The van der Waals surface area contributed by atoms with Gasteiger partial charge in [-0.15, -0.1) is 0 Å². The first-order valence-corrected chi connectivity index (χ1v) is 9.74. The highest BCUT2D eigenvalue weighted by Gasteiger charge is 2.18. The van der Waals surface area contributed by atoms with Crippen LogP contribution in [-0.4, -0.2) is 25.8 Å². The van der Waals surface area contributed by atoms with Gasteiger partial charge >= 0.3 is 0 Å². The molecule has 0 fully saturated rings. The number of aryl methyl sites for hydroxylation is 1. The number of nitrogens with zero attached hydrogens (tertiary/aromatic N) is 1. The second-order valence-corrected chi connectivity index (χ2v) is 7.60. The van der Waals surface area contributed by atoms with Crippen LogP contribution < -0.4 is 9.47 Å². The summed E-state index contributed by atoms with van der Waals surface area (Å²) in [4.78, 5) is 4.38. The van der Waals surface area contributed by atoms with Crippen molar-refractivity contribution < 1.29 is 22.1 Å². The Kier molecular flexibility index (Phi) is 6.39. The van der Waals surface area contributed by atoms with Gasteiger partial charge < -0.3 is 9.47 Å². The zero-order valence-electron chi connectivity index (χ0n) is 14.9. The van der Waals surface area contributed by atoms with E-state index in [0.717, 1.165) is 11.8 Å². The minimum absolute atomic E-state index is 0.0826. The number of ether oxygens (including phenoxy) is 2. The second kappa shape index (κ2) is 8.31. The lowest BCUT2D eigenvalue weighted by molar-refractivity contribution is 0.221. The molecular weight excluding hydrogens is 342 g/mol. The first-order valence-electron chi connectivity index (χ1n) is 7.93. The van der Waals surface area contributed by atoms with Gasteiger partial charge in [-0.05, 0) is 26.3 Å². The van der Waals surface area contributed by atoms with Crippen LogP contribution in [0.4, 0.5) is 0 Å². The summed E-state index contributed by atoms with van der Waals surface area (Å²) in [6.07, 6.45) is 0.919. The van der Waals surface area contributed by atoms with E-state index in [2.05, 4.69) is 4.98 Å². The summed E-state index contributed by atoms with van der Waals surface area (Å²) in [7, 11) is -3.60. The molecule has 0 amide bonds. The van der Waals surface area contributed by atoms with Crippen molar-refractivity contribution in [1.29, 1.82) is 0 Å². The fourth-order valence-electron chi connectivity index (χ4n) is 2.15. The molecule has 1 heterocycles.